The highest BCUT2D eigenvalue weighted by atomic mass is 79.9. The highest BCUT2D eigenvalue weighted by Gasteiger charge is 2.30. The van der Waals surface area contributed by atoms with E-state index in [-0.39, 0.29) is 11.9 Å². The van der Waals surface area contributed by atoms with Crippen molar-refractivity contribution >= 4 is 21.8 Å². The molecule has 2 aromatic carbocycles. The van der Waals surface area contributed by atoms with Crippen LogP contribution >= 0.6 is 15.9 Å². The summed E-state index contributed by atoms with van der Waals surface area (Å²) in [6, 6.07) is 16.7. The number of morpholine rings is 1. The molecule has 2 aliphatic heterocycles. The van der Waals surface area contributed by atoms with Crippen molar-refractivity contribution in [3.8, 4) is 0 Å². The third-order valence-corrected chi connectivity index (χ3v) is 5.98. The molecule has 0 radical (unpaired) electrons. The van der Waals surface area contributed by atoms with E-state index in [9.17, 15) is 4.79 Å². The first kappa shape index (κ1) is 18.7. The largest absolute Gasteiger partial charge is 0.379 e. The Kier molecular flexibility index (Phi) is 5.91. The molecule has 2 heterocycles. The van der Waals surface area contributed by atoms with Gasteiger partial charge in [-0.1, -0.05) is 40.2 Å². The monoisotopic (exact) mass is 428 g/mol. The maximum atomic E-state index is 13.2. The van der Waals surface area contributed by atoms with Crippen molar-refractivity contribution in [2.24, 2.45) is 0 Å². The topological polar surface area (TPSA) is 32.8 Å². The lowest BCUT2D eigenvalue weighted by atomic mass is 10.0. The van der Waals surface area contributed by atoms with Gasteiger partial charge in [0.25, 0.3) is 5.91 Å². The lowest BCUT2D eigenvalue weighted by Crippen LogP contribution is -2.35. The second kappa shape index (κ2) is 8.55. The van der Waals surface area contributed by atoms with E-state index >= 15 is 0 Å². The third-order valence-electron chi connectivity index (χ3n) is 5.45. The summed E-state index contributed by atoms with van der Waals surface area (Å²) in [5.74, 6) is 0.143. The maximum Gasteiger partial charge on any atom is 0.254 e. The number of amides is 1. The molecule has 0 N–H and O–H groups in total. The summed E-state index contributed by atoms with van der Waals surface area (Å²) in [6.45, 7) is 5.20. The van der Waals surface area contributed by atoms with Gasteiger partial charge in [0, 0.05) is 36.2 Å². The second-order valence-electron chi connectivity index (χ2n) is 7.30. The van der Waals surface area contributed by atoms with Crippen LogP contribution in [0, 0.1) is 0 Å². The number of benzene rings is 2. The summed E-state index contributed by atoms with van der Waals surface area (Å²) in [5, 5.41) is 0. The minimum atomic E-state index is 0.143. The Morgan fingerprint density at radius 3 is 2.63 bits per heavy atom. The van der Waals surface area contributed by atoms with Gasteiger partial charge in [0.05, 0.1) is 19.3 Å². The number of carbonyl (C=O) groups is 1. The summed E-state index contributed by atoms with van der Waals surface area (Å²) in [6.07, 6.45) is 2.08. The predicted molar refractivity (Wildman–Crippen MR) is 110 cm³/mol. The average molecular weight is 429 g/mol. The molecule has 2 saturated heterocycles. The van der Waals surface area contributed by atoms with Crippen LogP contribution in [0.25, 0.3) is 0 Å². The molecule has 5 heteroatoms. The van der Waals surface area contributed by atoms with Gasteiger partial charge in [-0.3, -0.25) is 9.69 Å². The molecular weight excluding hydrogens is 404 g/mol. The van der Waals surface area contributed by atoms with Crippen LogP contribution in [0.4, 0.5) is 0 Å². The standard InChI is InChI=1S/C22H25BrN2O2/c23-20-8-6-18(7-9-20)21-5-2-10-25(21)22(26)19-4-1-3-17(15-19)16-24-11-13-27-14-12-24/h1,3-4,6-9,15,21H,2,5,10-14,16H2. The number of ether oxygens (including phenoxy) is 1. The minimum absolute atomic E-state index is 0.143. The third kappa shape index (κ3) is 4.42. The van der Waals surface area contributed by atoms with Crippen LogP contribution in [-0.4, -0.2) is 48.6 Å². The molecule has 0 saturated carbocycles. The van der Waals surface area contributed by atoms with Crippen molar-refractivity contribution < 1.29 is 9.53 Å². The van der Waals surface area contributed by atoms with Crippen molar-refractivity contribution in [3.63, 3.8) is 0 Å². The normalized spacial score (nSPS) is 20.8. The van der Waals surface area contributed by atoms with E-state index in [4.69, 9.17) is 4.74 Å². The Bertz CT molecular complexity index is 787. The second-order valence-corrected chi connectivity index (χ2v) is 8.21. The molecule has 0 aliphatic carbocycles. The molecule has 0 spiro atoms. The van der Waals surface area contributed by atoms with Gasteiger partial charge in [-0.25, -0.2) is 0 Å². The first-order valence-corrected chi connectivity index (χ1v) is 10.5. The lowest BCUT2D eigenvalue weighted by Gasteiger charge is -2.27. The Balaban J connectivity index is 1.49. The number of likely N-dealkylation sites (tertiary alicyclic amines) is 1. The fraction of sp³-hybridized carbons (Fsp3) is 0.409. The Morgan fingerprint density at radius 1 is 1.07 bits per heavy atom. The Morgan fingerprint density at radius 2 is 1.85 bits per heavy atom. The van der Waals surface area contributed by atoms with Gasteiger partial charge >= 0.3 is 0 Å². The number of rotatable bonds is 4. The van der Waals surface area contributed by atoms with Gasteiger partial charge in [0.1, 0.15) is 0 Å². The van der Waals surface area contributed by atoms with Crippen LogP contribution in [0.2, 0.25) is 0 Å². The van der Waals surface area contributed by atoms with E-state index < -0.39 is 0 Å². The van der Waals surface area contributed by atoms with Crippen LogP contribution in [0.3, 0.4) is 0 Å². The van der Waals surface area contributed by atoms with Crippen LogP contribution in [0.1, 0.15) is 40.4 Å². The van der Waals surface area contributed by atoms with Gasteiger partial charge in [0.15, 0.2) is 0 Å². The minimum Gasteiger partial charge on any atom is -0.379 e. The molecule has 142 valence electrons. The van der Waals surface area contributed by atoms with Gasteiger partial charge in [0.2, 0.25) is 0 Å². The van der Waals surface area contributed by atoms with Crippen LogP contribution in [-0.2, 0) is 11.3 Å². The van der Waals surface area contributed by atoms with Crippen LogP contribution in [0.15, 0.2) is 53.0 Å². The van der Waals surface area contributed by atoms with E-state index in [1.54, 1.807) is 0 Å². The smallest absolute Gasteiger partial charge is 0.254 e. The summed E-state index contributed by atoms with van der Waals surface area (Å²) in [5.41, 5.74) is 3.21. The number of hydrogen-bond acceptors (Lipinski definition) is 3. The molecule has 2 fully saturated rings. The van der Waals surface area contributed by atoms with Gasteiger partial charge in [-0.15, -0.1) is 0 Å². The van der Waals surface area contributed by atoms with Gasteiger partial charge < -0.3 is 9.64 Å². The number of hydrogen-bond donors (Lipinski definition) is 0. The summed E-state index contributed by atoms with van der Waals surface area (Å²) in [4.78, 5) is 17.6. The molecule has 0 bridgehead atoms. The molecule has 1 amide bonds. The fourth-order valence-electron chi connectivity index (χ4n) is 4.03. The quantitative estimate of drug-likeness (QED) is 0.728. The zero-order valence-corrected chi connectivity index (χ0v) is 17.0. The number of nitrogens with zero attached hydrogens (tertiary/aromatic N) is 2. The number of carbonyl (C=O) groups excluding carboxylic acids is 1. The molecule has 4 nitrogen and oxygen atoms in total. The van der Waals surface area contributed by atoms with Crippen molar-refractivity contribution in [3.05, 3.63) is 69.7 Å². The zero-order valence-electron chi connectivity index (χ0n) is 15.4. The highest BCUT2D eigenvalue weighted by Crippen LogP contribution is 2.33. The van der Waals surface area contributed by atoms with Gasteiger partial charge in [-0.05, 0) is 48.2 Å². The summed E-state index contributed by atoms with van der Waals surface area (Å²) in [7, 11) is 0. The predicted octanol–water partition coefficient (Wildman–Crippen LogP) is 4.26. The van der Waals surface area contributed by atoms with E-state index in [0.717, 1.165) is 62.3 Å². The van der Waals surface area contributed by atoms with Crippen molar-refractivity contribution in [2.75, 3.05) is 32.8 Å². The van der Waals surface area contributed by atoms with E-state index in [1.807, 2.05) is 17.0 Å². The average Bonchev–Trinajstić information content (AvgIpc) is 3.19. The van der Waals surface area contributed by atoms with E-state index in [2.05, 4.69) is 57.2 Å². The van der Waals surface area contributed by atoms with E-state index in [0.29, 0.717) is 0 Å². The first-order valence-electron chi connectivity index (χ1n) is 9.66. The first-order chi connectivity index (χ1) is 13.2. The lowest BCUT2D eigenvalue weighted by molar-refractivity contribution is 0.0341. The molecule has 27 heavy (non-hydrogen) atoms. The van der Waals surface area contributed by atoms with E-state index in [1.165, 1.54) is 11.1 Å². The molecule has 1 unspecified atom stereocenters. The highest BCUT2D eigenvalue weighted by molar-refractivity contribution is 9.10. The molecular formula is C22H25BrN2O2. The van der Waals surface area contributed by atoms with Gasteiger partial charge in [-0.2, -0.15) is 0 Å². The molecule has 4 rings (SSSR count). The van der Waals surface area contributed by atoms with Crippen LogP contribution in [0.5, 0.6) is 0 Å². The van der Waals surface area contributed by atoms with Crippen molar-refractivity contribution in [2.45, 2.75) is 25.4 Å². The van der Waals surface area contributed by atoms with Crippen LogP contribution < -0.4 is 0 Å². The van der Waals surface area contributed by atoms with Crippen molar-refractivity contribution in [1.29, 1.82) is 0 Å². The molecule has 2 aromatic rings. The van der Waals surface area contributed by atoms with Crippen molar-refractivity contribution in [1.82, 2.24) is 9.80 Å². The maximum absolute atomic E-state index is 13.2. The summed E-state index contributed by atoms with van der Waals surface area (Å²) >= 11 is 3.49. The molecule has 1 atom stereocenters. The summed E-state index contributed by atoms with van der Waals surface area (Å²) < 4.78 is 6.49. The molecule has 2 aliphatic rings. The number of halogens is 1. The zero-order chi connectivity index (χ0) is 18.6. The fourth-order valence-corrected chi connectivity index (χ4v) is 4.29. The Labute approximate surface area is 169 Å². The molecule has 0 aromatic heterocycles. The Hall–Kier alpha value is -1.69. The SMILES string of the molecule is O=C(c1cccc(CN2CCOCC2)c1)N1CCCC1c1ccc(Br)cc1.